The zero-order chi connectivity index (χ0) is 13.8. The molecule has 106 valence electrons. The molecule has 1 saturated heterocycles. The molecule has 0 amide bonds. The summed E-state index contributed by atoms with van der Waals surface area (Å²) in [6.07, 6.45) is 0.628. The van der Waals surface area contributed by atoms with Crippen LogP contribution < -0.4 is 10.1 Å². The zero-order valence-electron chi connectivity index (χ0n) is 11.5. The molecule has 4 nitrogen and oxygen atoms in total. The van der Waals surface area contributed by atoms with Gasteiger partial charge in [-0.25, -0.2) is 4.39 Å². The molecule has 1 fully saturated rings. The number of benzene rings is 1. The summed E-state index contributed by atoms with van der Waals surface area (Å²) in [5, 5.41) is 13.0. The maximum Gasteiger partial charge on any atom is 0.197 e. The van der Waals surface area contributed by atoms with E-state index in [2.05, 4.69) is 10.2 Å². The first-order chi connectivity index (χ1) is 9.13. The molecule has 1 aromatic rings. The van der Waals surface area contributed by atoms with Gasteiger partial charge in [-0.2, -0.15) is 0 Å². The van der Waals surface area contributed by atoms with Crippen LogP contribution in [0.25, 0.3) is 0 Å². The van der Waals surface area contributed by atoms with Gasteiger partial charge in [0.1, 0.15) is 0 Å². The van der Waals surface area contributed by atoms with Crippen molar-refractivity contribution in [3.05, 3.63) is 23.0 Å². The Morgan fingerprint density at radius 2 is 2.11 bits per heavy atom. The van der Waals surface area contributed by atoms with Crippen molar-refractivity contribution in [3.63, 3.8) is 0 Å². The number of hydrogen-bond donors (Lipinski definition) is 2. The molecule has 1 heterocycles. The van der Waals surface area contributed by atoms with Crippen molar-refractivity contribution < 1.29 is 14.2 Å². The molecule has 19 heavy (non-hydrogen) atoms. The number of ether oxygens (including phenoxy) is 1. The lowest BCUT2D eigenvalue weighted by Crippen LogP contribution is -2.44. The number of aromatic hydroxyl groups is 1. The lowest BCUT2D eigenvalue weighted by molar-refractivity contribution is 0.242. The van der Waals surface area contributed by atoms with Crippen molar-refractivity contribution in [1.29, 1.82) is 0 Å². The number of hydrogen-bond acceptors (Lipinski definition) is 4. The zero-order valence-corrected chi connectivity index (χ0v) is 11.5. The molecule has 0 spiro atoms. The fourth-order valence-corrected chi connectivity index (χ4v) is 2.40. The number of phenols is 1. The van der Waals surface area contributed by atoms with E-state index in [4.69, 9.17) is 4.74 Å². The smallest absolute Gasteiger partial charge is 0.197 e. The number of piperazine rings is 1. The van der Waals surface area contributed by atoms with Crippen LogP contribution in [-0.4, -0.2) is 49.8 Å². The minimum absolute atomic E-state index is 0.0460. The molecule has 0 aliphatic carbocycles. The minimum atomic E-state index is -0.444. The topological polar surface area (TPSA) is 44.7 Å². The number of aryl methyl sites for hydroxylation is 1. The Hall–Kier alpha value is -1.33. The van der Waals surface area contributed by atoms with Crippen LogP contribution in [-0.2, 0) is 6.42 Å². The lowest BCUT2D eigenvalue weighted by Gasteiger charge is -2.27. The van der Waals surface area contributed by atoms with E-state index in [-0.39, 0.29) is 11.5 Å². The number of rotatable bonds is 4. The Balaban J connectivity index is 2.09. The highest BCUT2D eigenvalue weighted by Crippen LogP contribution is 2.34. The van der Waals surface area contributed by atoms with E-state index >= 15 is 0 Å². The van der Waals surface area contributed by atoms with Crippen molar-refractivity contribution in [2.45, 2.75) is 13.3 Å². The molecule has 0 bridgehead atoms. The van der Waals surface area contributed by atoms with E-state index in [1.165, 1.54) is 7.11 Å². The summed E-state index contributed by atoms with van der Waals surface area (Å²) in [4.78, 5) is 2.31. The molecule has 1 aromatic carbocycles. The van der Waals surface area contributed by atoms with Crippen molar-refractivity contribution in [2.75, 3.05) is 39.8 Å². The summed E-state index contributed by atoms with van der Waals surface area (Å²) in [6, 6.07) is 1.70. The molecule has 2 rings (SSSR count). The quantitative estimate of drug-likeness (QED) is 0.864. The molecule has 0 aromatic heterocycles. The number of nitrogens with zero attached hydrogens (tertiary/aromatic N) is 1. The predicted octanol–water partition coefficient (Wildman–Crippen LogP) is 1.30. The van der Waals surface area contributed by atoms with Gasteiger partial charge in [0.25, 0.3) is 0 Å². The molecule has 1 aliphatic rings. The van der Waals surface area contributed by atoms with Crippen LogP contribution in [0.3, 0.4) is 0 Å². The van der Waals surface area contributed by atoms with Crippen LogP contribution in [0.15, 0.2) is 6.07 Å². The summed E-state index contributed by atoms with van der Waals surface area (Å²) in [5.41, 5.74) is 1.25. The Morgan fingerprint density at radius 3 is 2.74 bits per heavy atom. The highest BCUT2D eigenvalue weighted by Gasteiger charge is 2.17. The summed E-state index contributed by atoms with van der Waals surface area (Å²) in [5.74, 6) is -0.595. The molecule has 0 radical (unpaired) electrons. The second kappa shape index (κ2) is 6.21. The van der Waals surface area contributed by atoms with Gasteiger partial charge in [-0.05, 0) is 30.5 Å². The third kappa shape index (κ3) is 3.16. The summed E-state index contributed by atoms with van der Waals surface area (Å²) in [7, 11) is 1.37. The Kier molecular flexibility index (Phi) is 4.61. The van der Waals surface area contributed by atoms with E-state index in [1.54, 1.807) is 13.0 Å². The average molecular weight is 268 g/mol. The fraction of sp³-hybridized carbons (Fsp3) is 0.571. The second-order valence-electron chi connectivity index (χ2n) is 4.89. The van der Waals surface area contributed by atoms with Crippen molar-refractivity contribution in [1.82, 2.24) is 10.2 Å². The molecular weight excluding hydrogens is 247 g/mol. The molecular formula is C14H21FN2O2. The second-order valence-corrected chi connectivity index (χ2v) is 4.89. The molecule has 5 heteroatoms. The van der Waals surface area contributed by atoms with Crippen LogP contribution in [0, 0.1) is 12.7 Å². The molecule has 1 aliphatic heterocycles. The predicted molar refractivity (Wildman–Crippen MR) is 72.4 cm³/mol. The Labute approximate surface area is 113 Å². The average Bonchev–Trinajstić information content (AvgIpc) is 2.43. The molecule has 0 saturated carbocycles. The normalized spacial score (nSPS) is 16.6. The summed E-state index contributed by atoms with van der Waals surface area (Å²) in [6.45, 7) is 6.55. The van der Waals surface area contributed by atoms with Gasteiger partial charge in [-0.1, -0.05) is 0 Å². The first kappa shape index (κ1) is 14.1. The van der Waals surface area contributed by atoms with Gasteiger partial charge in [-0.15, -0.1) is 0 Å². The highest BCUT2D eigenvalue weighted by atomic mass is 19.1. The van der Waals surface area contributed by atoms with Crippen LogP contribution in [0.4, 0.5) is 4.39 Å². The number of halogens is 1. The standard InChI is InChI=1S/C14H21FN2O2/c1-10-9-11(12(15)14(19-2)13(10)18)3-6-17-7-4-16-5-8-17/h9,16,18H,3-8H2,1-2H3. The first-order valence-electron chi connectivity index (χ1n) is 6.61. The van der Waals surface area contributed by atoms with Crippen LogP contribution in [0.5, 0.6) is 11.5 Å². The van der Waals surface area contributed by atoms with Gasteiger partial charge in [0.15, 0.2) is 17.3 Å². The van der Waals surface area contributed by atoms with E-state index in [1.807, 2.05) is 0 Å². The van der Waals surface area contributed by atoms with Gasteiger partial charge in [0.2, 0.25) is 0 Å². The lowest BCUT2D eigenvalue weighted by atomic mass is 10.1. The largest absolute Gasteiger partial charge is 0.504 e. The van der Waals surface area contributed by atoms with Gasteiger partial charge in [-0.3, -0.25) is 0 Å². The van der Waals surface area contributed by atoms with Gasteiger partial charge in [0.05, 0.1) is 7.11 Å². The fourth-order valence-electron chi connectivity index (χ4n) is 2.40. The van der Waals surface area contributed by atoms with Crippen molar-refractivity contribution >= 4 is 0 Å². The Morgan fingerprint density at radius 1 is 1.42 bits per heavy atom. The van der Waals surface area contributed by atoms with E-state index in [0.29, 0.717) is 17.5 Å². The van der Waals surface area contributed by atoms with Gasteiger partial charge in [0, 0.05) is 32.7 Å². The first-order valence-corrected chi connectivity index (χ1v) is 6.61. The maximum atomic E-state index is 14.2. The van der Waals surface area contributed by atoms with Crippen molar-refractivity contribution in [2.24, 2.45) is 0 Å². The van der Waals surface area contributed by atoms with Crippen LogP contribution in [0.2, 0.25) is 0 Å². The number of nitrogens with one attached hydrogen (secondary N) is 1. The highest BCUT2D eigenvalue weighted by molar-refractivity contribution is 5.49. The van der Waals surface area contributed by atoms with Gasteiger partial charge >= 0.3 is 0 Å². The van der Waals surface area contributed by atoms with Gasteiger partial charge < -0.3 is 20.1 Å². The summed E-state index contributed by atoms with van der Waals surface area (Å²) >= 11 is 0. The molecule has 0 unspecified atom stereocenters. The number of methoxy groups -OCH3 is 1. The minimum Gasteiger partial charge on any atom is -0.504 e. The molecule has 0 atom stereocenters. The van der Waals surface area contributed by atoms with Crippen LogP contribution in [0.1, 0.15) is 11.1 Å². The third-order valence-electron chi connectivity index (χ3n) is 3.57. The summed E-state index contributed by atoms with van der Waals surface area (Å²) < 4.78 is 19.1. The van der Waals surface area contributed by atoms with E-state index < -0.39 is 5.82 Å². The Bertz CT molecular complexity index is 446. The van der Waals surface area contributed by atoms with Crippen molar-refractivity contribution in [3.8, 4) is 11.5 Å². The van der Waals surface area contributed by atoms with E-state index in [9.17, 15) is 9.50 Å². The third-order valence-corrected chi connectivity index (χ3v) is 3.57. The maximum absolute atomic E-state index is 14.2. The van der Waals surface area contributed by atoms with E-state index in [0.717, 1.165) is 32.7 Å². The van der Waals surface area contributed by atoms with Crippen LogP contribution >= 0.6 is 0 Å². The monoisotopic (exact) mass is 268 g/mol. The molecule has 2 N–H and O–H groups in total. The SMILES string of the molecule is COc1c(O)c(C)cc(CCN2CCNCC2)c1F. The number of phenolic OH excluding ortho intramolecular Hbond substituents is 1.